The van der Waals surface area contributed by atoms with Crippen molar-refractivity contribution in [3.63, 3.8) is 0 Å². The van der Waals surface area contributed by atoms with E-state index in [9.17, 15) is 22.4 Å². The summed E-state index contributed by atoms with van der Waals surface area (Å²) in [7, 11) is -2.50. The van der Waals surface area contributed by atoms with Crippen LogP contribution in [0.1, 0.15) is 24.2 Å². The number of anilines is 1. The number of carbonyl (C=O) groups excluding carboxylic acids is 2. The molecule has 0 saturated carbocycles. The van der Waals surface area contributed by atoms with Crippen molar-refractivity contribution in [1.82, 2.24) is 9.21 Å². The largest absolute Gasteiger partial charge is 0.332 e. The Kier molecular flexibility index (Phi) is 7.46. The van der Waals surface area contributed by atoms with Gasteiger partial charge in [0, 0.05) is 25.8 Å². The van der Waals surface area contributed by atoms with Crippen molar-refractivity contribution in [2.24, 2.45) is 0 Å². The molecule has 0 saturated heterocycles. The molecule has 29 heavy (non-hydrogen) atoms. The van der Waals surface area contributed by atoms with Crippen molar-refractivity contribution in [1.29, 1.82) is 0 Å². The highest BCUT2D eigenvalue weighted by Crippen LogP contribution is 2.20. The molecule has 0 fully saturated rings. The van der Waals surface area contributed by atoms with Crippen LogP contribution in [0.15, 0.2) is 53.4 Å². The summed E-state index contributed by atoms with van der Waals surface area (Å²) < 4.78 is 40.8. The van der Waals surface area contributed by atoms with Crippen molar-refractivity contribution in [2.75, 3.05) is 32.0 Å². The lowest BCUT2D eigenvalue weighted by molar-refractivity contribution is -0.116. The number of benzene rings is 2. The van der Waals surface area contributed by atoms with Gasteiger partial charge in [-0.3, -0.25) is 9.59 Å². The van der Waals surface area contributed by atoms with Crippen LogP contribution >= 0.6 is 0 Å². The summed E-state index contributed by atoms with van der Waals surface area (Å²) in [5.41, 5.74) is 0.157. The lowest BCUT2D eigenvalue weighted by Gasteiger charge is -2.20. The zero-order valence-corrected chi connectivity index (χ0v) is 17.4. The van der Waals surface area contributed by atoms with Crippen LogP contribution in [-0.4, -0.2) is 56.1 Å². The zero-order chi connectivity index (χ0) is 21.6. The lowest BCUT2D eigenvalue weighted by atomic mass is 10.2. The fourth-order valence-electron chi connectivity index (χ4n) is 2.76. The summed E-state index contributed by atoms with van der Waals surface area (Å²) >= 11 is 0. The number of rotatable bonds is 8. The van der Waals surface area contributed by atoms with Crippen LogP contribution in [0.25, 0.3) is 0 Å². The Morgan fingerprint density at radius 3 is 2.24 bits per heavy atom. The van der Waals surface area contributed by atoms with E-state index in [4.69, 9.17) is 0 Å². The van der Waals surface area contributed by atoms with Crippen molar-refractivity contribution >= 4 is 27.5 Å². The quantitative estimate of drug-likeness (QED) is 0.710. The normalized spacial score (nSPS) is 11.3. The predicted octanol–water partition coefficient (Wildman–Crippen LogP) is 2.57. The van der Waals surface area contributed by atoms with E-state index in [2.05, 4.69) is 5.32 Å². The minimum absolute atomic E-state index is 0.173. The Bertz CT molecular complexity index is 976. The van der Waals surface area contributed by atoms with E-state index in [1.165, 1.54) is 11.4 Å². The summed E-state index contributed by atoms with van der Waals surface area (Å²) in [6, 6.07) is 11.8. The first-order chi connectivity index (χ1) is 13.7. The molecular formula is C20H24FN3O4S. The van der Waals surface area contributed by atoms with Crippen LogP contribution < -0.4 is 5.32 Å². The monoisotopic (exact) mass is 421 g/mol. The number of hydrogen-bond donors (Lipinski definition) is 1. The average molecular weight is 421 g/mol. The van der Waals surface area contributed by atoms with Crippen LogP contribution in [0, 0.1) is 5.82 Å². The summed E-state index contributed by atoms with van der Waals surface area (Å²) in [6.45, 7) is 3.56. The fraction of sp³-hybridized carbons (Fsp3) is 0.300. The molecule has 9 heteroatoms. The molecule has 7 nitrogen and oxygen atoms in total. The number of halogens is 1. The van der Waals surface area contributed by atoms with Gasteiger partial charge in [-0.15, -0.1) is 0 Å². The van der Waals surface area contributed by atoms with Gasteiger partial charge >= 0.3 is 0 Å². The molecule has 0 aromatic heterocycles. The second-order valence-corrected chi connectivity index (χ2v) is 8.24. The van der Waals surface area contributed by atoms with E-state index < -0.39 is 33.2 Å². The Labute approximate surface area is 170 Å². The number of sulfonamides is 1. The Hall–Kier alpha value is -2.78. The molecule has 0 atom stereocenters. The minimum atomic E-state index is -3.85. The molecule has 0 unspecified atom stereocenters. The highest BCUT2D eigenvalue weighted by molar-refractivity contribution is 7.89. The first-order valence-electron chi connectivity index (χ1n) is 9.10. The van der Waals surface area contributed by atoms with Gasteiger partial charge in [0.1, 0.15) is 5.82 Å². The van der Waals surface area contributed by atoms with Crippen molar-refractivity contribution in [3.05, 3.63) is 59.9 Å². The number of nitrogens with zero attached hydrogens (tertiary/aromatic N) is 2. The summed E-state index contributed by atoms with van der Waals surface area (Å²) in [4.78, 5) is 25.6. The van der Waals surface area contributed by atoms with Gasteiger partial charge < -0.3 is 10.2 Å². The average Bonchev–Trinajstić information content (AvgIpc) is 2.69. The Morgan fingerprint density at radius 1 is 1.03 bits per heavy atom. The zero-order valence-electron chi connectivity index (χ0n) is 16.6. The standard InChI is InChI=1S/C20H24FN3O4S/c1-4-24(5-2)29(27,28)16-11-12-18(21)17(13-16)20(26)23(3)14-19(25)22-15-9-7-6-8-10-15/h6-13H,4-5,14H2,1-3H3,(H,22,25). The second kappa shape index (κ2) is 9.62. The van der Waals surface area contributed by atoms with Crippen LogP contribution in [-0.2, 0) is 14.8 Å². The molecular weight excluding hydrogens is 397 g/mol. The van der Waals surface area contributed by atoms with Gasteiger partial charge in [0.05, 0.1) is 17.0 Å². The van der Waals surface area contributed by atoms with E-state index >= 15 is 0 Å². The summed E-state index contributed by atoms with van der Waals surface area (Å²) in [5.74, 6) is -2.11. The molecule has 0 bridgehead atoms. The highest BCUT2D eigenvalue weighted by Gasteiger charge is 2.25. The molecule has 0 aliphatic carbocycles. The van der Waals surface area contributed by atoms with Crippen molar-refractivity contribution in [2.45, 2.75) is 18.7 Å². The first-order valence-corrected chi connectivity index (χ1v) is 10.5. The van der Waals surface area contributed by atoms with Crippen LogP contribution in [0.2, 0.25) is 0 Å². The number of likely N-dealkylation sites (N-methyl/N-ethyl adjacent to an activating group) is 1. The van der Waals surface area contributed by atoms with E-state index in [1.54, 1.807) is 44.2 Å². The molecule has 1 N–H and O–H groups in total. The number of para-hydroxylation sites is 1. The van der Waals surface area contributed by atoms with Gasteiger partial charge in [0.2, 0.25) is 15.9 Å². The van der Waals surface area contributed by atoms with Gasteiger partial charge in [-0.1, -0.05) is 32.0 Å². The SMILES string of the molecule is CCN(CC)S(=O)(=O)c1ccc(F)c(C(=O)N(C)CC(=O)Nc2ccccc2)c1. The Balaban J connectivity index is 2.20. The van der Waals surface area contributed by atoms with E-state index in [1.807, 2.05) is 0 Å². The predicted molar refractivity (Wildman–Crippen MR) is 109 cm³/mol. The first kappa shape index (κ1) is 22.5. The molecule has 0 aliphatic heterocycles. The van der Waals surface area contributed by atoms with E-state index in [-0.39, 0.29) is 24.5 Å². The molecule has 0 heterocycles. The van der Waals surface area contributed by atoms with E-state index in [0.29, 0.717) is 5.69 Å². The van der Waals surface area contributed by atoms with Crippen LogP contribution in [0.4, 0.5) is 10.1 Å². The molecule has 0 radical (unpaired) electrons. The van der Waals surface area contributed by atoms with Crippen LogP contribution in [0.5, 0.6) is 0 Å². The van der Waals surface area contributed by atoms with E-state index in [0.717, 1.165) is 23.1 Å². The summed E-state index contributed by atoms with van der Waals surface area (Å²) in [5, 5.41) is 2.63. The maximum atomic E-state index is 14.3. The van der Waals surface area contributed by atoms with Crippen molar-refractivity contribution in [3.8, 4) is 0 Å². The third-order valence-corrected chi connectivity index (χ3v) is 6.34. The molecule has 0 spiro atoms. The maximum Gasteiger partial charge on any atom is 0.257 e. The topological polar surface area (TPSA) is 86.8 Å². The third kappa shape index (κ3) is 5.39. The fourth-order valence-corrected chi connectivity index (χ4v) is 4.24. The number of amides is 2. The maximum absolute atomic E-state index is 14.3. The number of hydrogen-bond acceptors (Lipinski definition) is 4. The highest BCUT2D eigenvalue weighted by atomic mass is 32.2. The number of carbonyl (C=O) groups is 2. The third-order valence-electron chi connectivity index (χ3n) is 4.30. The summed E-state index contributed by atoms with van der Waals surface area (Å²) in [6.07, 6.45) is 0. The smallest absolute Gasteiger partial charge is 0.257 e. The molecule has 2 rings (SSSR count). The Morgan fingerprint density at radius 2 is 1.66 bits per heavy atom. The molecule has 156 valence electrons. The lowest BCUT2D eigenvalue weighted by Crippen LogP contribution is -2.35. The molecule has 0 aliphatic rings. The number of nitrogens with one attached hydrogen (secondary N) is 1. The minimum Gasteiger partial charge on any atom is -0.332 e. The van der Waals surface area contributed by atoms with Gasteiger partial charge in [0.25, 0.3) is 5.91 Å². The second-order valence-electron chi connectivity index (χ2n) is 6.31. The van der Waals surface area contributed by atoms with Gasteiger partial charge in [0.15, 0.2) is 0 Å². The van der Waals surface area contributed by atoms with Gasteiger partial charge in [-0.2, -0.15) is 4.31 Å². The van der Waals surface area contributed by atoms with Gasteiger partial charge in [-0.25, -0.2) is 12.8 Å². The van der Waals surface area contributed by atoms with Gasteiger partial charge in [-0.05, 0) is 30.3 Å². The molecule has 2 amide bonds. The van der Waals surface area contributed by atoms with Crippen LogP contribution in [0.3, 0.4) is 0 Å². The van der Waals surface area contributed by atoms with Crippen molar-refractivity contribution < 1.29 is 22.4 Å². The molecule has 2 aromatic carbocycles. The molecule has 2 aromatic rings.